The number of rotatable bonds is 19. The summed E-state index contributed by atoms with van der Waals surface area (Å²) >= 11 is 0. The van der Waals surface area contributed by atoms with Crippen molar-refractivity contribution < 1.29 is 40.9 Å². The van der Waals surface area contributed by atoms with Crippen LogP contribution in [-0.4, -0.2) is 59.3 Å². The van der Waals surface area contributed by atoms with Gasteiger partial charge in [0.1, 0.15) is 30.3 Å². The van der Waals surface area contributed by atoms with Crippen molar-refractivity contribution in [3.63, 3.8) is 0 Å². The van der Waals surface area contributed by atoms with Gasteiger partial charge in [-0.1, -0.05) is 109 Å². The van der Waals surface area contributed by atoms with E-state index in [0.717, 1.165) is 28.5 Å². The lowest BCUT2D eigenvalue weighted by Crippen LogP contribution is -2.30. The van der Waals surface area contributed by atoms with Gasteiger partial charge < -0.3 is 19.3 Å². The zero-order chi connectivity index (χ0) is 41.8. The maximum absolute atomic E-state index is 13.8. The molecule has 6 aromatic rings. The molecule has 0 saturated carbocycles. The minimum absolute atomic E-state index is 0.00274. The van der Waals surface area contributed by atoms with Crippen molar-refractivity contribution in [2.24, 2.45) is 0 Å². The van der Waals surface area contributed by atoms with Crippen molar-refractivity contribution in [1.82, 2.24) is 4.90 Å². The van der Waals surface area contributed by atoms with E-state index < -0.39 is 31.9 Å². The summed E-state index contributed by atoms with van der Waals surface area (Å²) in [5.74, 6) is -0.187. The highest BCUT2D eigenvalue weighted by atomic mass is 32.2. The largest absolute Gasteiger partial charge is 0.488 e. The predicted molar refractivity (Wildman–Crippen MR) is 227 cm³/mol. The zero-order valence-corrected chi connectivity index (χ0v) is 34.4. The number of esters is 1. The number of nitrogens with zero attached hydrogens (tertiary/aromatic N) is 1. The molecular formula is C46H46N2O9S2. The number of carbonyl (C=O) groups excluding carboxylic acids is 1. The summed E-state index contributed by atoms with van der Waals surface area (Å²) in [6.45, 7) is 1.66. The van der Waals surface area contributed by atoms with Gasteiger partial charge in [0, 0.05) is 19.6 Å². The molecule has 2 N–H and O–H groups in total. The second kappa shape index (κ2) is 19.6. The van der Waals surface area contributed by atoms with E-state index in [2.05, 4.69) is 9.62 Å². The molecule has 0 radical (unpaired) electrons. The number of hydrogen-bond acceptors (Lipinski definition) is 10. The second-order valence-corrected chi connectivity index (χ2v) is 17.7. The first-order chi connectivity index (χ1) is 28.4. The first-order valence-corrected chi connectivity index (χ1v) is 22.2. The molecule has 0 heterocycles. The molecule has 6 aromatic carbocycles. The topological polar surface area (TPSA) is 149 Å². The fraction of sp³-hybridized carbons (Fsp3) is 0.196. The number of nitrogens with one attached hydrogen (secondary N) is 1. The standard InChI is InChI=1S/C46H46N2O9S2/c1-55-46(50)41-29-40(23-25-44(41)56-32-36-14-8-4-9-15-36)59(53,54)39-21-18-34(19-22-39)26-27-48(30-35-12-6-3-7-13-35)31-43(49)38-20-24-45(42(28-38)47-58(2,51)52)57-33-37-16-10-5-11-17-37/h3-25,28-29,43,47,49H,26-27,30-33H2,1-2H3/t43-/m1/s1. The fourth-order valence-electron chi connectivity index (χ4n) is 6.39. The van der Waals surface area contributed by atoms with Gasteiger partial charge in [0.05, 0.1) is 34.9 Å². The number of methoxy groups -OCH3 is 1. The minimum Gasteiger partial charge on any atom is -0.488 e. The Morgan fingerprint density at radius 3 is 1.78 bits per heavy atom. The number of anilines is 1. The van der Waals surface area contributed by atoms with Crippen LogP contribution in [0.25, 0.3) is 0 Å². The lowest BCUT2D eigenvalue weighted by molar-refractivity contribution is 0.0595. The van der Waals surface area contributed by atoms with Crippen LogP contribution < -0.4 is 14.2 Å². The molecule has 0 amide bonds. The van der Waals surface area contributed by atoms with Crippen LogP contribution in [0.5, 0.6) is 11.5 Å². The van der Waals surface area contributed by atoms with Gasteiger partial charge in [-0.25, -0.2) is 21.6 Å². The van der Waals surface area contributed by atoms with Gasteiger partial charge in [-0.05, 0) is 76.7 Å². The monoisotopic (exact) mass is 834 g/mol. The van der Waals surface area contributed by atoms with Crippen molar-refractivity contribution in [3.05, 3.63) is 185 Å². The highest BCUT2D eigenvalue weighted by molar-refractivity contribution is 7.92. The smallest absolute Gasteiger partial charge is 0.341 e. The van der Waals surface area contributed by atoms with E-state index in [9.17, 15) is 26.7 Å². The number of ether oxygens (including phenoxy) is 3. The van der Waals surface area contributed by atoms with Crippen LogP contribution in [0.2, 0.25) is 0 Å². The van der Waals surface area contributed by atoms with E-state index in [-0.39, 0.29) is 46.5 Å². The molecule has 0 saturated heterocycles. The minimum atomic E-state index is -4.02. The van der Waals surface area contributed by atoms with Gasteiger partial charge in [-0.2, -0.15) is 0 Å². The first-order valence-electron chi connectivity index (χ1n) is 18.8. The average molecular weight is 835 g/mol. The van der Waals surface area contributed by atoms with Crippen molar-refractivity contribution in [3.8, 4) is 11.5 Å². The Bertz CT molecular complexity index is 2540. The van der Waals surface area contributed by atoms with Gasteiger partial charge in [0.25, 0.3) is 0 Å². The van der Waals surface area contributed by atoms with E-state index in [1.165, 1.54) is 37.4 Å². The zero-order valence-electron chi connectivity index (χ0n) is 32.7. The number of benzene rings is 6. The van der Waals surface area contributed by atoms with Crippen molar-refractivity contribution in [2.45, 2.75) is 42.1 Å². The third-order valence-electron chi connectivity index (χ3n) is 9.46. The van der Waals surface area contributed by atoms with Gasteiger partial charge in [-0.15, -0.1) is 0 Å². The molecule has 0 aliphatic heterocycles. The average Bonchev–Trinajstić information content (AvgIpc) is 3.24. The van der Waals surface area contributed by atoms with E-state index in [4.69, 9.17) is 14.2 Å². The molecule has 13 heteroatoms. The molecule has 0 spiro atoms. The molecule has 59 heavy (non-hydrogen) atoms. The van der Waals surface area contributed by atoms with Gasteiger partial charge in [0.2, 0.25) is 19.9 Å². The number of sulfonamides is 1. The molecule has 306 valence electrons. The van der Waals surface area contributed by atoms with Gasteiger partial charge >= 0.3 is 5.97 Å². The Morgan fingerprint density at radius 2 is 1.20 bits per heavy atom. The number of carbonyl (C=O) groups is 1. The van der Waals surface area contributed by atoms with Crippen LogP contribution in [0, 0.1) is 0 Å². The molecule has 1 atom stereocenters. The van der Waals surface area contributed by atoms with Gasteiger partial charge in [0.15, 0.2) is 0 Å². The van der Waals surface area contributed by atoms with Crippen LogP contribution in [-0.2, 0) is 50.8 Å². The molecule has 0 aliphatic carbocycles. The molecule has 0 fully saturated rings. The Morgan fingerprint density at radius 1 is 0.661 bits per heavy atom. The van der Waals surface area contributed by atoms with Crippen molar-refractivity contribution >= 4 is 31.5 Å². The maximum Gasteiger partial charge on any atom is 0.341 e. The van der Waals surface area contributed by atoms with Crippen LogP contribution in [0.1, 0.15) is 44.3 Å². The maximum atomic E-state index is 13.8. The second-order valence-electron chi connectivity index (χ2n) is 14.0. The van der Waals surface area contributed by atoms with Crippen LogP contribution in [0.3, 0.4) is 0 Å². The summed E-state index contributed by atoms with van der Waals surface area (Å²) in [6, 6.07) is 44.4. The fourth-order valence-corrected chi connectivity index (χ4v) is 8.23. The van der Waals surface area contributed by atoms with E-state index in [1.54, 1.807) is 30.3 Å². The molecule has 0 bridgehead atoms. The first kappa shape index (κ1) is 42.6. The normalized spacial score (nSPS) is 12.1. The predicted octanol–water partition coefficient (Wildman–Crippen LogP) is 7.61. The highest BCUT2D eigenvalue weighted by Crippen LogP contribution is 2.31. The van der Waals surface area contributed by atoms with E-state index >= 15 is 0 Å². The quantitative estimate of drug-likeness (QED) is 0.0782. The summed E-state index contributed by atoms with van der Waals surface area (Å²) in [5, 5.41) is 11.5. The number of aliphatic hydroxyl groups excluding tert-OH is 1. The van der Waals surface area contributed by atoms with E-state index in [1.807, 2.05) is 91.0 Å². The van der Waals surface area contributed by atoms with Gasteiger partial charge in [-0.3, -0.25) is 9.62 Å². The van der Waals surface area contributed by atoms with Crippen molar-refractivity contribution in [1.29, 1.82) is 0 Å². The van der Waals surface area contributed by atoms with E-state index in [0.29, 0.717) is 30.8 Å². The molecule has 0 aromatic heterocycles. The lowest BCUT2D eigenvalue weighted by Gasteiger charge is -2.26. The number of aliphatic hydroxyl groups is 1. The summed E-state index contributed by atoms with van der Waals surface area (Å²) in [5.41, 5.74) is 4.43. The third-order valence-corrected chi connectivity index (χ3v) is 11.8. The summed E-state index contributed by atoms with van der Waals surface area (Å²) in [6.07, 6.45) is 0.606. The molecule has 0 aliphatic rings. The SMILES string of the molecule is COC(=O)c1cc(S(=O)(=O)c2ccc(CCN(Cc3ccccc3)C[C@@H](O)c3ccc(OCc4ccccc4)c(NS(C)(=O)=O)c3)cc2)ccc1OCc1ccccc1. The Hall–Kier alpha value is -5.99. The van der Waals surface area contributed by atoms with Crippen molar-refractivity contribution in [2.75, 3.05) is 31.2 Å². The molecular weight excluding hydrogens is 789 g/mol. The highest BCUT2D eigenvalue weighted by Gasteiger charge is 2.23. The molecule has 11 nitrogen and oxygen atoms in total. The number of hydrogen-bond donors (Lipinski definition) is 2. The Balaban J connectivity index is 1.16. The summed E-state index contributed by atoms with van der Waals surface area (Å²) in [4.78, 5) is 14.8. The summed E-state index contributed by atoms with van der Waals surface area (Å²) in [7, 11) is -6.45. The molecule has 6 rings (SSSR count). The Labute approximate surface area is 345 Å². The Kier molecular flexibility index (Phi) is 14.2. The number of sulfone groups is 1. The lowest BCUT2D eigenvalue weighted by atomic mass is 10.1. The summed E-state index contributed by atoms with van der Waals surface area (Å²) < 4.78 is 71.4. The van der Waals surface area contributed by atoms with Crippen LogP contribution in [0.15, 0.2) is 161 Å². The van der Waals surface area contributed by atoms with Crippen LogP contribution >= 0.6 is 0 Å². The van der Waals surface area contributed by atoms with Crippen LogP contribution in [0.4, 0.5) is 5.69 Å². The molecule has 0 unspecified atom stereocenters. The third kappa shape index (κ3) is 12.0.